The van der Waals surface area contributed by atoms with Gasteiger partial charge < -0.3 is 40.3 Å². The number of ether oxygens (including phenoxy) is 1. The van der Waals surface area contributed by atoms with Gasteiger partial charge in [0.2, 0.25) is 5.91 Å². The largest absolute Gasteiger partial charge is 0.492 e. The summed E-state index contributed by atoms with van der Waals surface area (Å²) in [6, 6.07) is 13.6. The summed E-state index contributed by atoms with van der Waals surface area (Å²) < 4.78 is 32.5. The summed E-state index contributed by atoms with van der Waals surface area (Å²) in [4.78, 5) is 57.5. The molecular weight excluding hydrogens is 1030 g/mol. The van der Waals surface area contributed by atoms with Crippen molar-refractivity contribution in [3.63, 3.8) is 0 Å². The number of aromatic amines is 1. The standard InChI is InChI=1S/C25H37N7O2S.C24H31FN4O.C10H14N4O/c1-17-18(2)29-30-23(17)28-24-19-14-22(35(33)25(3,4)5)21(15-20(19)26-16-27-24)34-13-7-8-32-11-9-31(6)10-12-32;1-16-13-28(17(2)11-26-16)14-22(30)29-15-24(3,4)23-21(29)10-19(12-27-23)9-18-5-7-20(25)8-6-18;1-8-6-14(3-2-11-8)10-5-12-9(7-15)4-13-10/h14-16H,7-13H2,1-6H3,(H2,26,27,28,29,30);5-8,10,12,16-17,26H,9,11,13-15H2,1-4H3;4-5,7-8,11H,2-3,6H2,1H3/t;16?,17-;8-/m.01/s1. The molecule has 21 heteroatoms. The van der Waals surface area contributed by atoms with Crippen molar-refractivity contribution in [2.45, 2.75) is 115 Å². The number of aldehydes is 1. The van der Waals surface area contributed by atoms with Gasteiger partial charge in [0.15, 0.2) is 12.1 Å². The number of halogens is 1. The Morgan fingerprint density at radius 3 is 2.33 bits per heavy atom. The van der Waals surface area contributed by atoms with Crippen LogP contribution in [-0.2, 0) is 27.4 Å². The average Bonchev–Trinajstić information content (AvgIpc) is 4.01. The summed E-state index contributed by atoms with van der Waals surface area (Å²) in [7, 11) is 0.882. The maximum Gasteiger partial charge on any atom is 0.241 e. The molecular formula is C59H82FN15O4S. The predicted octanol–water partition coefficient (Wildman–Crippen LogP) is 6.84. The van der Waals surface area contributed by atoms with E-state index in [0.717, 1.165) is 122 Å². The van der Waals surface area contributed by atoms with Crippen LogP contribution in [0.3, 0.4) is 0 Å². The molecule has 4 aromatic heterocycles. The van der Waals surface area contributed by atoms with E-state index < -0.39 is 15.5 Å². The van der Waals surface area contributed by atoms with Crippen molar-refractivity contribution in [3.8, 4) is 5.75 Å². The fourth-order valence-corrected chi connectivity index (χ4v) is 11.4. The highest BCUT2D eigenvalue weighted by Crippen LogP contribution is 2.40. The lowest BCUT2D eigenvalue weighted by Gasteiger charge is -2.37. The molecule has 2 unspecified atom stereocenters. The van der Waals surface area contributed by atoms with Gasteiger partial charge in [-0.15, -0.1) is 0 Å². The Kier molecular flexibility index (Phi) is 19.8. The minimum atomic E-state index is -1.28. The smallest absolute Gasteiger partial charge is 0.241 e. The molecule has 3 fully saturated rings. The van der Waals surface area contributed by atoms with Crippen molar-refractivity contribution in [2.24, 2.45) is 0 Å². The molecule has 2 aromatic carbocycles. The van der Waals surface area contributed by atoms with Crippen LogP contribution in [0.1, 0.15) is 100 Å². The summed E-state index contributed by atoms with van der Waals surface area (Å²) in [6.45, 7) is 32.2. The number of aryl methyl sites for hydroxylation is 1. The number of amides is 1. The monoisotopic (exact) mass is 1120 g/mol. The second-order valence-electron chi connectivity index (χ2n) is 23.4. The SMILES string of the molecule is CC1CN(CC(=O)N2CC(C)(C)c3ncc(Cc4ccc(F)cc4)cc32)[C@@H](C)CN1.C[C@@H]1CN(c2cnc(C=O)cn2)CCN1.Cc1[nH]nc(Nc2ncnc3cc(OCCCN4CCN(C)CC4)c(S(=O)C(C)(C)C)cc23)c1C. The Hall–Kier alpha value is -6.36. The Morgan fingerprint density at radius 2 is 1.65 bits per heavy atom. The number of fused-ring (bicyclic) bond motifs is 2. The number of carbonyl (C=O) groups excluding carboxylic acids is 2. The maximum absolute atomic E-state index is 13.5. The van der Waals surface area contributed by atoms with E-state index in [1.54, 1.807) is 18.3 Å². The van der Waals surface area contributed by atoms with E-state index in [9.17, 15) is 18.2 Å². The van der Waals surface area contributed by atoms with E-state index in [0.29, 0.717) is 78.5 Å². The molecule has 80 heavy (non-hydrogen) atoms. The van der Waals surface area contributed by atoms with Gasteiger partial charge in [-0.1, -0.05) is 26.0 Å². The molecule has 0 radical (unpaired) electrons. The molecule has 0 aliphatic carbocycles. The predicted molar refractivity (Wildman–Crippen MR) is 316 cm³/mol. The number of benzene rings is 2. The van der Waals surface area contributed by atoms with Gasteiger partial charge >= 0.3 is 0 Å². The lowest BCUT2D eigenvalue weighted by Crippen LogP contribution is -2.56. The Morgan fingerprint density at radius 1 is 0.900 bits per heavy atom. The average molecular weight is 1120 g/mol. The molecule has 3 saturated heterocycles. The topological polar surface area (TPSA) is 206 Å². The van der Waals surface area contributed by atoms with Crippen LogP contribution in [0.5, 0.6) is 5.75 Å². The molecule has 0 saturated carbocycles. The second-order valence-corrected chi connectivity index (χ2v) is 25.6. The first-order valence-electron chi connectivity index (χ1n) is 28.0. The number of pyridine rings is 1. The van der Waals surface area contributed by atoms with Crippen LogP contribution in [0.4, 0.5) is 27.5 Å². The van der Waals surface area contributed by atoms with Gasteiger partial charge in [0.05, 0.1) is 58.1 Å². The molecule has 4 aliphatic heterocycles. The van der Waals surface area contributed by atoms with Crippen LogP contribution < -0.4 is 30.5 Å². The molecule has 0 bridgehead atoms. The Balaban J connectivity index is 0.000000169. The molecule has 19 nitrogen and oxygen atoms in total. The van der Waals surface area contributed by atoms with Crippen LogP contribution in [0.2, 0.25) is 0 Å². The molecule has 1 amide bonds. The first-order chi connectivity index (χ1) is 38.1. The highest BCUT2D eigenvalue weighted by molar-refractivity contribution is 7.86. The Labute approximate surface area is 473 Å². The number of H-pyrrole nitrogens is 1. The van der Waals surface area contributed by atoms with Gasteiger partial charge in [-0.05, 0) is 111 Å². The highest BCUT2D eigenvalue weighted by Gasteiger charge is 2.40. The zero-order valence-corrected chi connectivity index (χ0v) is 49.4. The van der Waals surface area contributed by atoms with E-state index in [1.165, 1.54) is 24.7 Å². The number of likely N-dealkylation sites (N-methyl/N-ethyl adjacent to an activating group) is 1. The first kappa shape index (κ1) is 59.8. The summed E-state index contributed by atoms with van der Waals surface area (Å²) in [5.41, 5.74) is 6.89. The zero-order valence-electron chi connectivity index (χ0n) is 48.6. The van der Waals surface area contributed by atoms with Gasteiger partial charge in [0, 0.05) is 129 Å². The van der Waals surface area contributed by atoms with E-state index in [1.807, 2.05) is 57.8 Å². The number of hydrogen-bond acceptors (Lipinski definition) is 17. The summed E-state index contributed by atoms with van der Waals surface area (Å²) in [5, 5.41) is 18.2. The quantitative estimate of drug-likeness (QED) is 0.0651. The zero-order chi connectivity index (χ0) is 57.3. The van der Waals surface area contributed by atoms with Gasteiger partial charge in [-0.25, -0.2) is 24.3 Å². The third-order valence-electron chi connectivity index (χ3n) is 15.2. The lowest BCUT2D eigenvalue weighted by atomic mass is 9.91. The highest BCUT2D eigenvalue weighted by atomic mass is 32.2. The van der Waals surface area contributed by atoms with E-state index in [4.69, 9.17) is 9.72 Å². The Bertz CT molecular complexity index is 3070. The second kappa shape index (κ2) is 26.5. The minimum Gasteiger partial charge on any atom is -0.492 e. The number of anilines is 4. The molecule has 4 N–H and O–H groups in total. The summed E-state index contributed by atoms with van der Waals surface area (Å²) >= 11 is 0. The van der Waals surface area contributed by atoms with Crippen molar-refractivity contribution < 1.29 is 22.9 Å². The molecule has 4 aliphatic rings. The van der Waals surface area contributed by atoms with Gasteiger partial charge in [0.1, 0.15) is 35.2 Å². The number of nitrogens with zero attached hydrogens (tertiary/aromatic N) is 11. The number of aromatic nitrogens is 7. The van der Waals surface area contributed by atoms with Crippen molar-refractivity contribution in [3.05, 3.63) is 107 Å². The summed E-state index contributed by atoms with van der Waals surface area (Å²) in [5.74, 6) is 2.70. The number of nitrogens with one attached hydrogen (secondary N) is 4. The number of piperazine rings is 3. The summed E-state index contributed by atoms with van der Waals surface area (Å²) in [6.07, 6.45) is 8.86. The fourth-order valence-electron chi connectivity index (χ4n) is 10.2. The molecule has 8 heterocycles. The fraction of sp³-hybridized carbons (Fsp3) is 0.525. The van der Waals surface area contributed by atoms with Crippen LogP contribution in [0, 0.1) is 19.7 Å². The number of hydrogen-bond donors (Lipinski definition) is 4. The van der Waals surface area contributed by atoms with Crippen LogP contribution in [0.15, 0.2) is 72.3 Å². The van der Waals surface area contributed by atoms with Crippen molar-refractivity contribution >= 4 is 57.0 Å². The minimum absolute atomic E-state index is 0.128. The maximum atomic E-state index is 13.5. The number of carbonyl (C=O) groups is 2. The molecule has 10 rings (SSSR count). The lowest BCUT2D eigenvalue weighted by molar-refractivity contribution is -0.120. The normalized spacial score (nSPS) is 20.0. The van der Waals surface area contributed by atoms with Crippen molar-refractivity contribution in [1.82, 2.24) is 60.5 Å². The van der Waals surface area contributed by atoms with Gasteiger partial charge in [0.25, 0.3) is 0 Å². The van der Waals surface area contributed by atoms with E-state index >= 15 is 0 Å². The van der Waals surface area contributed by atoms with Crippen LogP contribution in [-0.4, -0.2) is 181 Å². The molecule has 6 aromatic rings. The van der Waals surface area contributed by atoms with Gasteiger partial charge in [-0.3, -0.25) is 28.8 Å². The third-order valence-corrected chi connectivity index (χ3v) is 17.0. The van der Waals surface area contributed by atoms with Crippen LogP contribution in [0.25, 0.3) is 10.9 Å². The first-order valence-corrected chi connectivity index (χ1v) is 29.1. The van der Waals surface area contributed by atoms with E-state index in [-0.39, 0.29) is 17.1 Å². The van der Waals surface area contributed by atoms with Crippen molar-refractivity contribution in [1.29, 1.82) is 0 Å². The molecule has 430 valence electrons. The molecule has 4 atom stereocenters. The molecule has 0 spiro atoms. The van der Waals surface area contributed by atoms with Gasteiger partial charge in [-0.2, -0.15) is 5.10 Å². The third kappa shape index (κ3) is 15.3. The number of rotatable bonds is 14. The van der Waals surface area contributed by atoms with E-state index in [2.05, 4.69) is 113 Å². The van der Waals surface area contributed by atoms with Crippen LogP contribution >= 0.6 is 0 Å². The van der Waals surface area contributed by atoms with Crippen molar-refractivity contribution in [2.75, 3.05) is 107 Å².